The Hall–Kier alpha value is -1.22. The van der Waals surface area contributed by atoms with Crippen LogP contribution in [0.25, 0.3) is 0 Å². The van der Waals surface area contributed by atoms with Crippen molar-refractivity contribution < 1.29 is 14.6 Å². The van der Waals surface area contributed by atoms with Crippen LogP contribution >= 0.6 is 0 Å². The fourth-order valence-electron chi connectivity index (χ4n) is 2.86. The Labute approximate surface area is 109 Å². The molecular formula is C15H22O3. The molecule has 3 heteroatoms. The quantitative estimate of drug-likeness (QED) is 0.891. The summed E-state index contributed by atoms with van der Waals surface area (Å²) in [7, 11) is 3.26. The number of aliphatic hydroxyl groups is 1. The molecule has 1 aliphatic carbocycles. The van der Waals surface area contributed by atoms with Crippen LogP contribution < -0.4 is 9.47 Å². The zero-order valence-electron chi connectivity index (χ0n) is 11.2. The fourth-order valence-corrected chi connectivity index (χ4v) is 2.86. The molecule has 1 fully saturated rings. The Morgan fingerprint density at radius 2 is 1.61 bits per heavy atom. The van der Waals surface area contributed by atoms with Crippen molar-refractivity contribution in [1.29, 1.82) is 0 Å². The number of benzene rings is 1. The molecule has 1 aromatic rings. The van der Waals surface area contributed by atoms with Gasteiger partial charge in [0.25, 0.3) is 0 Å². The molecule has 1 atom stereocenters. The molecule has 0 amide bonds. The van der Waals surface area contributed by atoms with Crippen molar-refractivity contribution in [3.63, 3.8) is 0 Å². The van der Waals surface area contributed by atoms with Crippen LogP contribution in [0.1, 0.15) is 43.8 Å². The lowest BCUT2D eigenvalue weighted by atomic mass is 9.82. The largest absolute Gasteiger partial charge is 0.496 e. The monoisotopic (exact) mass is 250 g/mol. The summed E-state index contributed by atoms with van der Waals surface area (Å²) in [4.78, 5) is 0. The number of hydrogen-bond donors (Lipinski definition) is 1. The summed E-state index contributed by atoms with van der Waals surface area (Å²) in [6.45, 7) is 0. The molecule has 0 aromatic heterocycles. The van der Waals surface area contributed by atoms with E-state index in [4.69, 9.17) is 9.47 Å². The molecule has 100 valence electrons. The first kappa shape index (κ1) is 13.2. The van der Waals surface area contributed by atoms with Gasteiger partial charge in [-0.25, -0.2) is 0 Å². The molecule has 0 spiro atoms. The van der Waals surface area contributed by atoms with Crippen LogP contribution in [0.15, 0.2) is 18.2 Å². The molecule has 0 aliphatic heterocycles. The van der Waals surface area contributed by atoms with Crippen molar-refractivity contribution in [3.05, 3.63) is 23.8 Å². The highest BCUT2D eigenvalue weighted by Gasteiger charge is 2.28. The third kappa shape index (κ3) is 2.61. The number of aliphatic hydroxyl groups excluding tert-OH is 1. The van der Waals surface area contributed by atoms with E-state index in [2.05, 4.69) is 0 Å². The van der Waals surface area contributed by atoms with E-state index in [1.807, 2.05) is 18.2 Å². The SMILES string of the molecule is COc1cccc(OC)c1C(O)C1CCCCC1. The minimum Gasteiger partial charge on any atom is -0.496 e. The minimum atomic E-state index is -0.489. The van der Waals surface area contributed by atoms with Crippen molar-refractivity contribution >= 4 is 0 Å². The van der Waals surface area contributed by atoms with Crippen LogP contribution in [0.4, 0.5) is 0 Å². The van der Waals surface area contributed by atoms with E-state index in [1.54, 1.807) is 14.2 Å². The Bertz CT molecular complexity index is 361. The number of hydrogen-bond acceptors (Lipinski definition) is 3. The van der Waals surface area contributed by atoms with Gasteiger partial charge in [-0.2, -0.15) is 0 Å². The molecule has 0 heterocycles. The lowest BCUT2D eigenvalue weighted by molar-refractivity contribution is 0.0800. The summed E-state index contributed by atoms with van der Waals surface area (Å²) < 4.78 is 10.7. The summed E-state index contributed by atoms with van der Waals surface area (Å²) in [5.74, 6) is 1.75. The van der Waals surface area contributed by atoms with Gasteiger partial charge in [-0.15, -0.1) is 0 Å². The molecule has 1 saturated carbocycles. The average molecular weight is 250 g/mol. The van der Waals surface area contributed by atoms with Crippen molar-refractivity contribution in [2.24, 2.45) is 5.92 Å². The predicted molar refractivity (Wildman–Crippen MR) is 71.1 cm³/mol. The van der Waals surface area contributed by atoms with Crippen molar-refractivity contribution in [2.75, 3.05) is 14.2 Å². The zero-order valence-corrected chi connectivity index (χ0v) is 11.2. The van der Waals surface area contributed by atoms with Crippen LogP contribution in [0.3, 0.4) is 0 Å². The van der Waals surface area contributed by atoms with E-state index >= 15 is 0 Å². The van der Waals surface area contributed by atoms with Crippen LogP contribution in [0.2, 0.25) is 0 Å². The van der Waals surface area contributed by atoms with Crippen LogP contribution in [0.5, 0.6) is 11.5 Å². The third-order valence-electron chi connectivity index (χ3n) is 3.86. The van der Waals surface area contributed by atoms with E-state index in [9.17, 15) is 5.11 Å². The van der Waals surface area contributed by atoms with Crippen LogP contribution in [-0.4, -0.2) is 19.3 Å². The van der Waals surface area contributed by atoms with Gasteiger partial charge >= 0.3 is 0 Å². The first-order valence-electron chi connectivity index (χ1n) is 6.67. The summed E-state index contributed by atoms with van der Waals surface area (Å²) in [5, 5.41) is 10.6. The number of methoxy groups -OCH3 is 2. The highest BCUT2D eigenvalue weighted by molar-refractivity contribution is 5.46. The van der Waals surface area contributed by atoms with Gasteiger partial charge in [0.15, 0.2) is 0 Å². The standard InChI is InChI=1S/C15H22O3/c1-17-12-9-6-10-13(18-2)14(12)15(16)11-7-4-3-5-8-11/h6,9-11,15-16H,3-5,7-8H2,1-2H3. The second-order valence-corrected chi connectivity index (χ2v) is 4.92. The second kappa shape index (κ2) is 6.10. The maximum Gasteiger partial charge on any atom is 0.128 e. The van der Waals surface area contributed by atoms with Gasteiger partial charge in [-0.05, 0) is 30.9 Å². The van der Waals surface area contributed by atoms with Crippen LogP contribution in [0, 0.1) is 5.92 Å². The Morgan fingerprint density at radius 1 is 1.06 bits per heavy atom. The molecular weight excluding hydrogens is 228 g/mol. The Kier molecular flexibility index (Phi) is 4.48. The first-order valence-corrected chi connectivity index (χ1v) is 6.67. The van der Waals surface area contributed by atoms with Gasteiger partial charge in [0.05, 0.1) is 25.9 Å². The topological polar surface area (TPSA) is 38.7 Å². The molecule has 0 saturated heterocycles. The normalized spacial score (nSPS) is 18.4. The van der Waals surface area contributed by atoms with Gasteiger partial charge < -0.3 is 14.6 Å². The van der Waals surface area contributed by atoms with Gasteiger partial charge in [0.2, 0.25) is 0 Å². The molecule has 0 radical (unpaired) electrons. The second-order valence-electron chi connectivity index (χ2n) is 4.92. The minimum absolute atomic E-state index is 0.323. The van der Waals surface area contributed by atoms with E-state index in [0.717, 1.165) is 18.4 Å². The van der Waals surface area contributed by atoms with Gasteiger partial charge in [0.1, 0.15) is 11.5 Å². The first-order chi connectivity index (χ1) is 8.77. The van der Waals surface area contributed by atoms with Crippen LogP contribution in [-0.2, 0) is 0 Å². The fraction of sp³-hybridized carbons (Fsp3) is 0.600. The highest BCUT2D eigenvalue weighted by Crippen LogP contribution is 2.42. The van der Waals surface area contributed by atoms with Gasteiger partial charge in [-0.1, -0.05) is 25.3 Å². The molecule has 1 aromatic carbocycles. The third-order valence-corrected chi connectivity index (χ3v) is 3.86. The lowest BCUT2D eigenvalue weighted by Gasteiger charge is -2.28. The molecule has 3 nitrogen and oxygen atoms in total. The highest BCUT2D eigenvalue weighted by atomic mass is 16.5. The summed E-state index contributed by atoms with van der Waals surface area (Å²) in [6, 6.07) is 5.64. The van der Waals surface area contributed by atoms with Crippen molar-refractivity contribution in [1.82, 2.24) is 0 Å². The molecule has 1 aliphatic rings. The molecule has 0 bridgehead atoms. The van der Waals surface area contributed by atoms with Gasteiger partial charge in [-0.3, -0.25) is 0 Å². The molecule has 1 unspecified atom stereocenters. The number of ether oxygens (including phenoxy) is 2. The zero-order chi connectivity index (χ0) is 13.0. The van der Waals surface area contributed by atoms with Gasteiger partial charge in [0, 0.05) is 0 Å². The molecule has 1 N–H and O–H groups in total. The Balaban J connectivity index is 2.29. The smallest absolute Gasteiger partial charge is 0.128 e. The maximum absolute atomic E-state index is 10.6. The molecule has 2 rings (SSSR count). The lowest BCUT2D eigenvalue weighted by Crippen LogP contribution is -2.17. The summed E-state index contributed by atoms with van der Waals surface area (Å²) in [5.41, 5.74) is 0.800. The summed E-state index contributed by atoms with van der Waals surface area (Å²) in [6.07, 6.45) is 5.38. The predicted octanol–water partition coefficient (Wildman–Crippen LogP) is 3.32. The average Bonchev–Trinajstić information content (AvgIpc) is 2.46. The van der Waals surface area contributed by atoms with E-state index in [0.29, 0.717) is 17.4 Å². The van der Waals surface area contributed by atoms with E-state index in [-0.39, 0.29) is 0 Å². The van der Waals surface area contributed by atoms with Crippen molar-refractivity contribution in [2.45, 2.75) is 38.2 Å². The Morgan fingerprint density at radius 3 is 2.11 bits per heavy atom. The molecule has 18 heavy (non-hydrogen) atoms. The van der Waals surface area contributed by atoms with E-state index in [1.165, 1.54) is 19.3 Å². The van der Waals surface area contributed by atoms with Crippen molar-refractivity contribution in [3.8, 4) is 11.5 Å². The summed E-state index contributed by atoms with van der Waals surface area (Å²) >= 11 is 0. The number of rotatable bonds is 4. The van der Waals surface area contributed by atoms with E-state index < -0.39 is 6.10 Å². The maximum atomic E-state index is 10.6.